The van der Waals surface area contributed by atoms with Gasteiger partial charge in [0, 0.05) is 12.1 Å². The average molecular weight is 488 g/mol. The van der Waals surface area contributed by atoms with Gasteiger partial charge in [0.2, 0.25) is 0 Å². The van der Waals surface area contributed by atoms with Crippen LogP contribution in [0.3, 0.4) is 0 Å². The van der Waals surface area contributed by atoms with Gasteiger partial charge in [0.25, 0.3) is 11.7 Å². The molecule has 1 amide bonds. The van der Waals surface area contributed by atoms with Gasteiger partial charge in [-0.25, -0.2) is 0 Å². The molecule has 0 radical (unpaired) electrons. The third-order valence-electron chi connectivity index (χ3n) is 5.65. The number of amides is 1. The summed E-state index contributed by atoms with van der Waals surface area (Å²) in [6, 6.07) is 8.55. The number of carbonyl (C=O) groups is 2. The van der Waals surface area contributed by atoms with Crippen molar-refractivity contribution in [1.29, 1.82) is 0 Å². The van der Waals surface area contributed by atoms with E-state index in [1.807, 2.05) is 6.92 Å². The molecular weight excluding hydrogens is 458 g/mol. The number of unbranched alkanes of at least 4 members (excludes halogenated alkanes) is 2. The van der Waals surface area contributed by atoms with Crippen LogP contribution in [0.4, 0.5) is 0 Å². The van der Waals surface area contributed by atoms with E-state index in [9.17, 15) is 19.8 Å². The molecule has 0 aromatic heterocycles. The van der Waals surface area contributed by atoms with Gasteiger partial charge in [-0.3, -0.25) is 9.59 Å². The first-order valence-electron chi connectivity index (χ1n) is 11.5. The molecule has 0 spiro atoms. The number of aliphatic hydroxyl groups is 1. The van der Waals surface area contributed by atoms with Crippen LogP contribution >= 0.6 is 11.6 Å². The van der Waals surface area contributed by atoms with E-state index in [1.54, 1.807) is 37.3 Å². The van der Waals surface area contributed by atoms with Crippen LogP contribution in [-0.2, 0) is 9.59 Å². The number of phenolic OH excluding ortho intramolecular Hbond substituents is 1. The summed E-state index contributed by atoms with van der Waals surface area (Å²) in [6.45, 7) is 6.72. The Bertz CT molecular complexity index is 1100. The van der Waals surface area contributed by atoms with Crippen molar-refractivity contribution < 1.29 is 29.3 Å². The quantitative estimate of drug-likeness (QED) is 0.200. The summed E-state index contributed by atoms with van der Waals surface area (Å²) in [7, 11) is 0. The minimum absolute atomic E-state index is 0.0283. The molecule has 7 nitrogen and oxygen atoms in total. The van der Waals surface area contributed by atoms with Gasteiger partial charge in [-0.05, 0) is 56.2 Å². The number of hydrogen-bond donors (Lipinski definition) is 2. The normalized spacial score (nSPS) is 17.3. The van der Waals surface area contributed by atoms with Crippen LogP contribution in [0.1, 0.15) is 57.2 Å². The number of carbonyl (C=O) groups excluding carboxylic acids is 2. The number of nitrogens with zero attached hydrogens (tertiary/aromatic N) is 1. The van der Waals surface area contributed by atoms with E-state index < -0.39 is 17.7 Å². The Morgan fingerprint density at radius 2 is 1.71 bits per heavy atom. The minimum Gasteiger partial charge on any atom is -0.507 e. The first-order chi connectivity index (χ1) is 16.3. The molecule has 2 N–H and O–H groups in total. The van der Waals surface area contributed by atoms with Crippen molar-refractivity contribution in [3.63, 3.8) is 0 Å². The first-order valence-corrected chi connectivity index (χ1v) is 11.9. The second-order valence-corrected chi connectivity index (χ2v) is 8.35. The van der Waals surface area contributed by atoms with Crippen molar-refractivity contribution in [2.45, 2.75) is 46.1 Å². The summed E-state index contributed by atoms with van der Waals surface area (Å²) >= 11 is 6.18. The highest BCUT2D eigenvalue weighted by atomic mass is 35.5. The Hall–Kier alpha value is -3.19. The number of aromatic hydroxyl groups is 1. The molecule has 1 aliphatic rings. The van der Waals surface area contributed by atoms with Crippen LogP contribution in [0, 0.1) is 0 Å². The highest BCUT2D eigenvalue weighted by Gasteiger charge is 2.46. The molecule has 1 heterocycles. The van der Waals surface area contributed by atoms with Crippen LogP contribution in [0.2, 0.25) is 5.02 Å². The van der Waals surface area contributed by atoms with Gasteiger partial charge < -0.3 is 24.6 Å². The molecule has 2 aromatic carbocycles. The SMILES string of the molecule is CCCCCN1C(=O)C(=O)/C(=C(\O)c2ccc(Cl)c(OCC)c2)C1c1ccc(O)c(OCC)c1. The maximum absolute atomic E-state index is 13.2. The van der Waals surface area contributed by atoms with E-state index in [2.05, 4.69) is 6.92 Å². The van der Waals surface area contributed by atoms with Crippen molar-refractivity contribution in [3.8, 4) is 17.2 Å². The third-order valence-corrected chi connectivity index (χ3v) is 5.96. The van der Waals surface area contributed by atoms with Crippen LogP contribution in [0.25, 0.3) is 5.76 Å². The van der Waals surface area contributed by atoms with Crippen molar-refractivity contribution in [2.24, 2.45) is 0 Å². The summed E-state index contributed by atoms with van der Waals surface area (Å²) < 4.78 is 11.0. The summed E-state index contributed by atoms with van der Waals surface area (Å²) in [4.78, 5) is 27.7. The molecular formula is C26H30ClNO6. The third kappa shape index (κ3) is 5.14. The van der Waals surface area contributed by atoms with Crippen LogP contribution in [0.15, 0.2) is 42.0 Å². The fourth-order valence-electron chi connectivity index (χ4n) is 4.03. The Labute approximate surface area is 204 Å². The lowest BCUT2D eigenvalue weighted by Crippen LogP contribution is -2.30. The molecule has 0 aliphatic carbocycles. The Balaban J connectivity index is 2.17. The predicted octanol–water partition coefficient (Wildman–Crippen LogP) is 5.45. The average Bonchev–Trinajstić information content (AvgIpc) is 3.07. The Morgan fingerprint density at radius 3 is 2.38 bits per heavy atom. The maximum Gasteiger partial charge on any atom is 0.295 e. The molecule has 1 unspecified atom stereocenters. The monoisotopic (exact) mass is 487 g/mol. The summed E-state index contributed by atoms with van der Waals surface area (Å²) in [6.07, 6.45) is 2.56. The molecule has 1 atom stereocenters. The number of rotatable bonds is 10. The van der Waals surface area contributed by atoms with Crippen molar-refractivity contribution in [2.75, 3.05) is 19.8 Å². The lowest BCUT2D eigenvalue weighted by molar-refractivity contribution is -0.139. The van der Waals surface area contributed by atoms with E-state index >= 15 is 0 Å². The van der Waals surface area contributed by atoms with Crippen molar-refractivity contribution >= 4 is 29.1 Å². The number of phenols is 1. The predicted molar refractivity (Wildman–Crippen MR) is 130 cm³/mol. The second kappa shape index (κ2) is 11.3. The lowest BCUT2D eigenvalue weighted by atomic mass is 9.94. The highest BCUT2D eigenvalue weighted by molar-refractivity contribution is 6.46. The largest absolute Gasteiger partial charge is 0.507 e. The Kier molecular flexibility index (Phi) is 8.45. The van der Waals surface area contributed by atoms with Gasteiger partial charge >= 0.3 is 0 Å². The van der Waals surface area contributed by atoms with Crippen molar-refractivity contribution in [3.05, 3.63) is 58.1 Å². The Morgan fingerprint density at radius 1 is 1.00 bits per heavy atom. The number of halogens is 1. The number of likely N-dealkylation sites (tertiary alicyclic amines) is 1. The highest BCUT2D eigenvalue weighted by Crippen LogP contribution is 2.42. The zero-order valence-corrected chi connectivity index (χ0v) is 20.4. The molecule has 3 rings (SSSR count). The molecule has 1 fully saturated rings. The number of benzene rings is 2. The second-order valence-electron chi connectivity index (χ2n) is 7.94. The van der Waals surface area contributed by atoms with Gasteiger partial charge in [-0.1, -0.05) is 37.4 Å². The van der Waals surface area contributed by atoms with E-state index in [-0.39, 0.29) is 22.8 Å². The van der Waals surface area contributed by atoms with Gasteiger partial charge in [0.1, 0.15) is 11.5 Å². The molecule has 0 bridgehead atoms. The van der Waals surface area contributed by atoms with Gasteiger partial charge in [0.15, 0.2) is 11.5 Å². The fourth-order valence-corrected chi connectivity index (χ4v) is 4.21. The van der Waals surface area contributed by atoms with Gasteiger partial charge in [-0.2, -0.15) is 0 Å². The topological polar surface area (TPSA) is 96.3 Å². The summed E-state index contributed by atoms with van der Waals surface area (Å²) in [5.74, 6) is -1.20. The zero-order chi connectivity index (χ0) is 24.8. The smallest absolute Gasteiger partial charge is 0.295 e. The number of ether oxygens (including phenoxy) is 2. The summed E-state index contributed by atoms with van der Waals surface area (Å²) in [5, 5.41) is 21.8. The minimum atomic E-state index is -0.831. The molecule has 1 aliphatic heterocycles. The summed E-state index contributed by atoms with van der Waals surface area (Å²) in [5.41, 5.74) is 0.838. The molecule has 1 saturated heterocycles. The van der Waals surface area contributed by atoms with E-state index in [0.29, 0.717) is 48.1 Å². The molecule has 34 heavy (non-hydrogen) atoms. The molecule has 8 heteroatoms. The van der Waals surface area contributed by atoms with Crippen molar-refractivity contribution in [1.82, 2.24) is 4.90 Å². The van der Waals surface area contributed by atoms with Crippen LogP contribution in [0.5, 0.6) is 17.2 Å². The number of hydrogen-bond acceptors (Lipinski definition) is 6. The van der Waals surface area contributed by atoms with E-state index in [1.165, 1.54) is 11.0 Å². The standard InChI is InChI=1S/C26H30ClNO6/c1-4-7-8-13-28-23(16-10-12-19(29)21(14-16)34-6-3)22(25(31)26(28)32)24(30)17-9-11-18(27)20(15-17)33-5-2/h9-12,14-15,23,29-30H,4-8,13H2,1-3H3/b24-22-. The number of Topliss-reactive ketones (excluding diaryl/α,β-unsaturated/α-hetero) is 1. The first kappa shape index (κ1) is 25.4. The molecule has 2 aromatic rings. The molecule has 0 saturated carbocycles. The van der Waals surface area contributed by atoms with E-state index in [0.717, 1.165) is 12.8 Å². The zero-order valence-electron chi connectivity index (χ0n) is 19.6. The van der Waals surface area contributed by atoms with Crippen LogP contribution < -0.4 is 9.47 Å². The molecule has 182 valence electrons. The van der Waals surface area contributed by atoms with Gasteiger partial charge in [0.05, 0.1) is 29.9 Å². The lowest BCUT2D eigenvalue weighted by Gasteiger charge is -2.26. The number of ketones is 1. The van der Waals surface area contributed by atoms with Gasteiger partial charge in [-0.15, -0.1) is 0 Å². The van der Waals surface area contributed by atoms with E-state index in [4.69, 9.17) is 21.1 Å². The number of aliphatic hydroxyl groups excluding tert-OH is 1. The van der Waals surface area contributed by atoms with Crippen LogP contribution in [-0.4, -0.2) is 46.6 Å². The maximum atomic E-state index is 13.2. The fraction of sp³-hybridized carbons (Fsp3) is 0.385.